The summed E-state index contributed by atoms with van der Waals surface area (Å²) in [4.78, 5) is 0. The third kappa shape index (κ3) is 0.991. The maximum atomic E-state index is 9.00. The van der Waals surface area contributed by atoms with Crippen LogP contribution in [0.25, 0.3) is 0 Å². The van der Waals surface area contributed by atoms with Crippen LogP contribution in [0.3, 0.4) is 0 Å². The monoisotopic (exact) mass is 158 g/mol. The topological polar surface area (TPSA) is 49.7 Å². The molecule has 0 radical (unpaired) electrons. The van der Waals surface area contributed by atoms with Crippen molar-refractivity contribution in [2.75, 3.05) is 13.2 Å². The normalized spacial score (nSPS) is 48.5. The Balaban J connectivity index is 2.08. The van der Waals surface area contributed by atoms with Gasteiger partial charge in [-0.15, -0.1) is 0 Å². The quantitative estimate of drug-likeness (QED) is 0.583. The summed E-state index contributed by atoms with van der Waals surface area (Å²) in [5.41, 5.74) is 0. The van der Waals surface area contributed by atoms with Gasteiger partial charge in [0, 0.05) is 25.0 Å². The van der Waals surface area contributed by atoms with E-state index in [0.29, 0.717) is 0 Å². The fourth-order valence-electron chi connectivity index (χ4n) is 2.38. The van der Waals surface area contributed by atoms with E-state index in [-0.39, 0.29) is 37.3 Å². The predicted molar refractivity (Wildman–Crippen MR) is 39.0 cm³/mol. The molecule has 2 rings (SSSR count). The predicted octanol–water partition coefficient (Wildman–Crippen LogP) is -0.235. The van der Waals surface area contributed by atoms with Crippen LogP contribution < -0.4 is 0 Å². The number of rotatable bonds is 2. The zero-order chi connectivity index (χ0) is 7.84. The molecule has 0 aromatic carbocycles. The van der Waals surface area contributed by atoms with Crippen molar-refractivity contribution < 1.29 is 14.9 Å². The number of fused-ring (bicyclic) bond motifs is 2. The Morgan fingerprint density at radius 1 is 1.00 bits per heavy atom. The van der Waals surface area contributed by atoms with E-state index < -0.39 is 0 Å². The van der Waals surface area contributed by atoms with Crippen LogP contribution in [-0.4, -0.2) is 35.6 Å². The maximum Gasteiger partial charge on any atom is 0.0634 e. The Hall–Kier alpha value is -0.120. The van der Waals surface area contributed by atoms with Gasteiger partial charge in [-0.25, -0.2) is 0 Å². The van der Waals surface area contributed by atoms with E-state index in [1.807, 2.05) is 0 Å². The summed E-state index contributed by atoms with van der Waals surface area (Å²) in [7, 11) is 0. The largest absolute Gasteiger partial charge is 0.396 e. The van der Waals surface area contributed by atoms with Crippen LogP contribution in [0.2, 0.25) is 0 Å². The van der Waals surface area contributed by atoms with Crippen molar-refractivity contribution >= 4 is 0 Å². The Bertz CT molecular complexity index is 132. The van der Waals surface area contributed by atoms with Crippen molar-refractivity contribution in [1.29, 1.82) is 0 Å². The minimum atomic E-state index is 0.159. The zero-order valence-electron chi connectivity index (χ0n) is 6.44. The molecule has 4 atom stereocenters. The van der Waals surface area contributed by atoms with Crippen molar-refractivity contribution in [1.82, 2.24) is 0 Å². The second kappa shape index (κ2) is 2.73. The first kappa shape index (κ1) is 7.53. The molecule has 11 heavy (non-hydrogen) atoms. The molecule has 0 spiro atoms. The van der Waals surface area contributed by atoms with Crippen LogP contribution >= 0.6 is 0 Å². The average molecular weight is 158 g/mol. The van der Waals surface area contributed by atoms with Crippen LogP contribution in [0.15, 0.2) is 0 Å². The minimum Gasteiger partial charge on any atom is -0.396 e. The lowest BCUT2D eigenvalue weighted by molar-refractivity contribution is 0.0764. The Morgan fingerprint density at radius 2 is 1.45 bits per heavy atom. The van der Waals surface area contributed by atoms with Crippen molar-refractivity contribution in [3.8, 4) is 0 Å². The summed E-state index contributed by atoms with van der Waals surface area (Å²) in [6, 6.07) is 0. The first-order valence-corrected chi connectivity index (χ1v) is 4.24. The second-order valence-corrected chi connectivity index (χ2v) is 3.48. The summed E-state index contributed by atoms with van der Waals surface area (Å²) in [6.45, 7) is 0.318. The third-order valence-electron chi connectivity index (χ3n) is 3.01. The third-order valence-corrected chi connectivity index (χ3v) is 3.01. The molecule has 2 bridgehead atoms. The molecule has 0 aliphatic carbocycles. The highest BCUT2D eigenvalue weighted by Crippen LogP contribution is 2.42. The number of ether oxygens (including phenoxy) is 1. The van der Waals surface area contributed by atoms with Crippen molar-refractivity contribution in [3.63, 3.8) is 0 Å². The molecule has 0 aromatic heterocycles. The molecule has 0 aromatic rings. The molecule has 0 amide bonds. The van der Waals surface area contributed by atoms with Crippen LogP contribution in [0.5, 0.6) is 0 Å². The van der Waals surface area contributed by atoms with Crippen molar-refractivity contribution in [3.05, 3.63) is 0 Å². The van der Waals surface area contributed by atoms with Gasteiger partial charge in [-0.1, -0.05) is 0 Å². The standard InChI is InChI=1S/C8H14O3/c9-3-5-6(4-10)8-2-1-7(5)11-8/h5-10H,1-4H2. The molecule has 4 unspecified atom stereocenters. The summed E-state index contributed by atoms with van der Waals surface area (Å²) < 4.78 is 5.56. The van der Waals surface area contributed by atoms with Gasteiger partial charge in [0.15, 0.2) is 0 Å². The van der Waals surface area contributed by atoms with Crippen LogP contribution in [0.1, 0.15) is 12.8 Å². The molecule has 3 heteroatoms. The highest BCUT2D eigenvalue weighted by Gasteiger charge is 2.47. The van der Waals surface area contributed by atoms with Gasteiger partial charge in [-0.3, -0.25) is 0 Å². The van der Waals surface area contributed by atoms with Crippen LogP contribution in [0.4, 0.5) is 0 Å². The maximum absolute atomic E-state index is 9.00. The lowest BCUT2D eigenvalue weighted by Crippen LogP contribution is -2.32. The van der Waals surface area contributed by atoms with Gasteiger partial charge >= 0.3 is 0 Å². The Labute approximate surface area is 66.0 Å². The number of aliphatic hydroxyl groups excluding tert-OH is 2. The van der Waals surface area contributed by atoms with Gasteiger partial charge in [0.25, 0.3) is 0 Å². The first-order chi connectivity index (χ1) is 5.36. The van der Waals surface area contributed by atoms with E-state index in [2.05, 4.69) is 0 Å². The highest BCUT2D eigenvalue weighted by atomic mass is 16.5. The van der Waals surface area contributed by atoms with Crippen molar-refractivity contribution in [2.45, 2.75) is 25.0 Å². The van der Waals surface area contributed by atoms with Crippen LogP contribution in [0, 0.1) is 11.8 Å². The van der Waals surface area contributed by atoms with E-state index in [0.717, 1.165) is 12.8 Å². The van der Waals surface area contributed by atoms with Gasteiger partial charge in [0.1, 0.15) is 0 Å². The van der Waals surface area contributed by atoms with E-state index >= 15 is 0 Å². The molecule has 2 aliphatic rings. The van der Waals surface area contributed by atoms with E-state index in [9.17, 15) is 0 Å². The van der Waals surface area contributed by atoms with E-state index in [1.165, 1.54) is 0 Å². The second-order valence-electron chi connectivity index (χ2n) is 3.48. The Kier molecular flexibility index (Phi) is 1.87. The molecular weight excluding hydrogens is 144 g/mol. The van der Waals surface area contributed by atoms with Crippen molar-refractivity contribution in [2.24, 2.45) is 11.8 Å². The van der Waals surface area contributed by atoms with Crippen LogP contribution in [-0.2, 0) is 4.74 Å². The summed E-state index contributed by atoms with van der Waals surface area (Å²) in [5, 5.41) is 18.0. The first-order valence-electron chi connectivity index (χ1n) is 4.24. The molecular formula is C8H14O3. The van der Waals surface area contributed by atoms with E-state index in [4.69, 9.17) is 14.9 Å². The smallest absolute Gasteiger partial charge is 0.0634 e. The lowest BCUT2D eigenvalue weighted by atomic mass is 9.80. The van der Waals surface area contributed by atoms with Gasteiger partial charge < -0.3 is 14.9 Å². The molecule has 64 valence electrons. The van der Waals surface area contributed by atoms with Gasteiger partial charge in [-0.2, -0.15) is 0 Å². The molecule has 2 heterocycles. The fraction of sp³-hybridized carbons (Fsp3) is 1.00. The number of hydrogen-bond donors (Lipinski definition) is 2. The van der Waals surface area contributed by atoms with E-state index in [1.54, 1.807) is 0 Å². The molecule has 3 nitrogen and oxygen atoms in total. The molecule has 2 saturated heterocycles. The minimum absolute atomic E-state index is 0.159. The number of aliphatic hydroxyl groups is 2. The SMILES string of the molecule is OCC1C2CCC(O2)C1CO. The molecule has 2 fully saturated rings. The summed E-state index contributed by atoms with van der Waals surface area (Å²) in [5.74, 6) is 0.387. The Morgan fingerprint density at radius 3 is 1.82 bits per heavy atom. The lowest BCUT2D eigenvalue weighted by Gasteiger charge is -2.24. The summed E-state index contributed by atoms with van der Waals surface area (Å²) >= 11 is 0. The summed E-state index contributed by atoms with van der Waals surface area (Å²) in [6.07, 6.45) is 2.57. The zero-order valence-corrected chi connectivity index (χ0v) is 6.44. The molecule has 2 aliphatic heterocycles. The fourth-order valence-corrected chi connectivity index (χ4v) is 2.38. The average Bonchev–Trinajstić information content (AvgIpc) is 2.60. The van der Waals surface area contributed by atoms with Gasteiger partial charge in [-0.05, 0) is 12.8 Å². The number of hydrogen-bond acceptors (Lipinski definition) is 3. The molecule has 2 N–H and O–H groups in total. The van der Waals surface area contributed by atoms with Gasteiger partial charge in [0.05, 0.1) is 12.2 Å². The highest BCUT2D eigenvalue weighted by molar-refractivity contribution is 4.95. The molecule has 0 saturated carbocycles. The van der Waals surface area contributed by atoms with Gasteiger partial charge in [0.2, 0.25) is 0 Å².